The number of hydrogen-bond acceptors (Lipinski definition) is 5. The van der Waals surface area contributed by atoms with Gasteiger partial charge in [-0.05, 0) is 68.9 Å². The maximum absolute atomic E-state index is 11.7. The lowest BCUT2D eigenvalue weighted by molar-refractivity contribution is -0.115. The van der Waals surface area contributed by atoms with Crippen molar-refractivity contribution in [3.63, 3.8) is 0 Å². The molecule has 0 aliphatic carbocycles. The highest BCUT2D eigenvalue weighted by Gasteiger charge is 2.02. The molecule has 2 N–H and O–H groups in total. The molecule has 0 radical (unpaired) electrons. The van der Waals surface area contributed by atoms with E-state index in [9.17, 15) is 4.79 Å². The quantitative estimate of drug-likeness (QED) is 0.652. The lowest BCUT2D eigenvalue weighted by Gasteiger charge is -2.20. The lowest BCUT2D eigenvalue weighted by Crippen LogP contribution is -2.27. The van der Waals surface area contributed by atoms with Crippen LogP contribution in [0, 0.1) is 0 Å². The SMILES string of the molecule is CCNCC(=O)Nc1ccc(/N=N/c2ccc(N(CC)CC)cc2)cc1. The third-order valence-electron chi connectivity index (χ3n) is 3.95. The van der Waals surface area contributed by atoms with Crippen LogP contribution in [0.2, 0.25) is 0 Å². The van der Waals surface area contributed by atoms with Gasteiger partial charge in [0.15, 0.2) is 0 Å². The van der Waals surface area contributed by atoms with Crippen molar-refractivity contribution in [2.45, 2.75) is 20.8 Å². The van der Waals surface area contributed by atoms with Gasteiger partial charge >= 0.3 is 0 Å². The molecule has 26 heavy (non-hydrogen) atoms. The number of anilines is 2. The number of azo groups is 1. The first-order chi connectivity index (χ1) is 12.7. The van der Waals surface area contributed by atoms with Gasteiger partial charge in [0.1, 0.15) is 0 Å². The molecule has 0 aliphatic rings. The summed E-state index contributed by atoms with van der Waals surface area (Å²) in [4.78, 5) is 13.9. The maximum Gasteiger partial charge on any atom is 0.238 e. The third kappa shape index (κ3) is 5.97. The normalized spacial score (nSPS) is 10.9. The zero-order valence-electron chi connectivity index (χ0n) is 15.7. The van der Waals surface area contributed by atoms with Gasteiger partial charge in [-0.15, -0.1) is 0 Å². The second-order valence-electron chi connectivity index (χ2n) is 5.76. The molecule has 0 bridgehead atoms. The maximum atomic E-state index is 11.7. The molecular formula is C20H27N5O. The first-order valence-corrected chi connectivity index (χ1v) is 9.03. The number of nitrogens with one attached hydrogen (secondary N) is 2. The van der Waals surface area contributed by atoms with Crippen LogP contribution in [0.25, 0.3) is 0 Å². The highest BCUT2D eigenvalue weighted by molar-refractivity contribution is 5.92. The largest absolute Gasteiger partial charge is 0.372 e. The number of rotatable bonds is 9. The summed E-state index contributed by atoms with van der Waals surface area (Å²) in [5.74, 6) is -0.0606. The fourth-order valence-corrected chi connectivity index (χ4v) is 2.49. The highest BCUT2D eigenvalue weighted by atomic mass is 16.1. The molecule has 0 saturated carbocycles. The van der Waals surface area contributed by atoms with Gasteiger partial charge in [0.25, 0.3) is 0 Å². The van der Waals surface area contributed by atoms with E-state index in [1.54, 1.807) is 0 Å². The van der Waals surface area contributed by atoms with Crippen molar-refractivity contribution < 1.29 is 4.79 Å². The molecule has 0 spiro atoms. The average molecular weight is 353 g/mol. The van der Waals surface area contributed by atoms with E-state index in [4.69, 9.17) is 0 Å². The summed E-state index contributed by atoms with van der Waals surface area (Å²) < 4.78 is 0. The Kier molecular flexibility index (Phi) is 7.76. The van der Waals surface area contributed by atoms with Crippen molar-refractivity contribution in [2.24, 2.45) is 10.2 Å². The minimum atomic E-state index is -0.0606. The smallest absolute Gasteiger partial charge is 0.238 e. The zero-order chi connectivity index (χ0) is 18.8. The molecule has 6 heteroatoms. The van der Waals surface area contributed by atoms with Crippen LogP contribution < -0.4 is 15.5 Å². The lowest BCUT2D eigenvalue weighted by atomic mass is 10.2. The first-order valence-electron chi connectivity index (χ1n) is 9.03. The monoisotopic (exact) mass is 353 g/mol. The second kappa shape index (κ2) is 10.3. The Labute approximate surface area is 155 Å². The van der Waals surface area contributed by atoms with Gasteiger partial charge in [0.05, 0.1) is 17.9 Å². The van der Waals surface area contributed by atoms with E-state index in [1.807, 2.05) is 43.3 Å². The Morgan fingerprint density at radius 3 is 1.92 bits per heavy atom. The van der Waals surface area contributed by atoms with Crippen molar-refractivity contribution >= 4 is 28.7 Å². The molecular weight excluding hydrogens is 326 g/mol. The highest BCUT2D eigenvalue weighted by Crippen LogP contribution is 2.23. The van der Waals surface area contributed by atoms with Crippen molar-refractivity contribution in [1.29, 1.82) is 0 Å². The summed E-state index contributed by atoms with van der Waals surface area (Å²) in [6.07, 6.45) is 0. The van der Waals surface area contributed by atoms with E-state index in [-0.39, 0.29) is 5.91 Å². The molecule has 1 amide bonds. The molecule has 2 rings (SSSR count). The Morgan fingerprint density at radius 1 is 0.885 bits per heavy atom. The number of nitrogens with zero attached hydrogens (tertiary/aromatic N) is 3. The molecule has 138 valence electrons. The number of likely N-dealkylation sites (N-methyl/N-ethyl adjacent to an activating group) is 1. The molecule has 0 saturated heterocycles. The van der Waals surface area contributed by atoms with E-state index >= 15 is 0 Å². The molecule has 0 aromatic heterocycles. The number of amides is 1. The second-order valence-corrected chi connectivity index (χ2v) is 5.76. The van der Waals surface area contributed by atoms with Crippen molar-refractivity contribution in [2.75, 3.05) is 36.4 Å². The Hall–Kier alpha value is -2.73. The van der Waals surface area contributed by atoms with Crippen LogP contribution in [0.4, 0.5) is 22.7 Å². The number of carbonyl (C=O) groups excluding carboxylic acids is 1. The fraction of sp³-hybridized carbons (Fsp3) is 0.350. The van der Waals surface area contributed by atoms with E-state index in [0.717, 1.165) is 36.7 Å². The predicted octanol–water partition coefficient (Wildman–Crippen LogP) is 4.50. The molecule has 6 nitrogen and oxygen atoms in total. The summed E-state index contributed by atoms with van der Waals surface area (Å²) >= 11 is 0. The van der Waals surface area contributed by atoms with Crippen LogP contribution in [-0.4, -0.2) is 32.1 Å². The van der Waals surface area contributed by atoms with Gasteiger partial charge in [-0.2, -0.15) is 10.2 Å². The van der Waals surface area contributed by atoms with Crippen molar-refractivity contribution in [3.05, 3.63) is 48.5 Å². The third-order valence-corrected chi connectivity index (χ3v) is 3.95. The van der Waals surface area contributed by atoms with E-state index < -0.39 is 0 Å². The van der Waals surface area contributed by atoms with Crippen LogP contribution in [0.5, 0.6) is 0 Å². The van der Waals surface area contributed by atoms with Gasteiger partial charge in [0.2, 0.25) is 5.91 Å². The average Bonchev–Trinajstić information content (AvgIpc) is 2.68. The molecule has 0 unspecified atom stereocenters. The first kappa shape index (κ1) is 19.6. The molecule has 2 aromatic carbocycles. The fourth-order valence-electron chi connectivity index (χ4n) is 2.49. The van der Waals surface area contributed by atoms with E-state index in [0.29, 0.717) is 6.54 Å². The van der Waals surface area contributed by atoms with Gasteiger partial charge in [-0.1, -0.05) is 6.92 Å². The molecule has 0 aliphatic heterocycles. The van der Waals surface area contributed by atoms with Crippen LogP contribution >= 0.6 is 0 Å². The van der Waals surface area contributed by atoms with Crippen LogP contribution in [-0.2, 0) is 4.79 Å². The van der Waals surface area contributed by atoms with Crippen LogP contribution in [0.15, 0.2) is 58.8 Å². The van der Waals surface area contributed by atoms with Gasteiger partial charge in [0, 0.05) is 24.5 Å². The van der Waals surface area contributed by atoms with Crippen LogP contribution in [0.1, 0.15) is 20.8 Å². The number of carbonyl (C=O) groups is 1. The minimum Gasteiger partial charge on any atom is -0.372 e. The van der Waals surface area contributed by atoms with Gasteiger partial charge in [-0.25, -0.2) is 0 Å². The summed E-state index contributed by atoms with van der Waals surface area (Å²) in [5, 5.41) is 14.3. The van der Waals surface area contributed by atoms with Gasteiger partial charge < -0.3 is 15.5 Å². The molecule has 0 fully saturated rings. The summed E-state index contributed by atoms with van der Waals surface area (Å²) in [5.41, 5.74) is 3.48. The van der Waals surface area contributed by atoms with Gasteiger partial charge in [-0.3, -0.25) is 4.79 Å². The Morgan fingerprint density at radius 2 is 1.42 bits per heavy atom. The summed E-state index contributed by atoms with van der Waals surface area (Å²) in [6.45, 7) is 9.28. The Bertz CT molecular complexity index is 706. The number of hydrogen-bond donors (Lipinski definition) is 2. The topological polar surface area (TPSA) is 69.1 Å². The van der Waals surface area contributed by atoms with Crippen molar-refractivity contribution in [3.8, 4) is 0 Å². The summed E-state index contributed by atoms with van der Waals surface area (Å²) in [7, 11) is 0. The minimum absolute atomic E-state index is 0.0606. The zero-order valence-corrected chi connectivity index (χ0v) is 15.7. The number of benzene rings is 2. The predicted molar refractivity (Wildman–Crippen MR) is 108 cm³/mol. The van der Waals surface area contributed by atoms with Crippen LogP contribution in [0.3, 0.4) is 0 Å². The summed E-state index contributed by atoms with van der Waals surface area (Å²) in [6, 6.07) is 15.4. The molecule has 0 atom stereocenters. The standard InChI is InChI=1S/C20H27N5O/c1-4-21-15-20(26)22-16-7-9-17(10-8-16)23-24-18-11-13-19(14-12-18)25(5-2)6-3/h7-14,21H,4-6,15H2,1-3H3,(H,22,26)/b24-23+. The Balaban J connectivity index is 1.94. The molecule has 2 aromatic rings. The van der Waals surface area contributed by atoms with E-state index in [1.165, 1.54) is 5.69 Å². The van der Waals surface area contributed by atoms with Crippen molar-refractivity contribution in [1.82, 2.24) is 5.32 Å². The molecule has 0 heterocycles. The van der Waals surface area contributed by atoms with E-state index in [2.05, 4.69) is 51.7 Å².